The lowest BCUT2D eigenvalue weighted by Crippen LogP contribution is -2.51. The summed E-state index contributed by atoms with van der Waals surface area (Å²) in [5, 5.41) is 4.64. The number of hydrogen-bond donors (Lipinski definition) is 1. The average molecular weight is 502 g/mol. The van der Waals surface area contributed by atoms with Gasteiger partial charge in [0, 0.05) is 33.4 Å². The van der Waals surface area contributed by atoms with Crippen molar-refractivity contribution < 1.29 is 9.59 Å². The van der Waals surface area contributed by atoms with Crippen molar-refractivity contribution in [2.24, 2.45) is 0 Å². The Bertz CT molecular complexity index is 908. The van der Waals surface area contributed by atoms with Gasteiger partial charge in [-0.05, 0) is 49.6 Å². The Hall–Kier alpha value is -1.40. The van der Waals surface area contributed by atoms with Crippen LogP contribution in [0.3, 0.4) is 0 Å². The first-order chi connectivity index (χ1) is 14.7. The zero-order valence-electron chi connectivity index (χ0n) is 17.8. The van der Waals surface area contributed by atoms with Gasteiger partial charge in [-0.15, -0.1) is 11.8 Å². The zero-order valence-corrected chi connectivity index (χ0v) is 20.9. The summed E-state index contributed by atoms with van der Waals surface area (Å²) in [6, 6.07) is 12.1. The van der Waals surface area contributed by atoms with Crippen LogP contribution in [0.15, 0.2) is 42.5 Å². The first kappa shape index (κ1) is 25.9. The van der Waals surface area contributed by atoms with Gasteiger partial charge < -0.3 is 10.2 Å². The Morgan fingerprint density at radius 1 is 1.03 bits per heavy atom. The van der Waals surface area contributed by atoms with Crippen molar-refractivity contribution in [3.8, 4) is 0 Å². The predicted molar refractivity (Wildman–Crippen MR) is 132 cm³/mol. The first-order valence-electron chi connectivity index (χ1n) is 10.1. The fraction of sp³-hybridized carbons (Fsp3) is 0.391. The summed E-state index contributed by atoms with van der Waals surface area (Å²) < 4.78 is 0. The maximum absolute atomic E-state index is 13.2. The van der Waals surface area contributed by atoms with Gasteiger partial charge in [0.15, 0.2) is 0 Å². The molecule has 0 unspecified atom stereocenters. The van der Waals surface area contributed by atoms with Crippen LogP contribution < -0.4 is 5.32 Å². The smallest absolute Gasteiger partial charge is 0.243 e. The molecule has 0 radical (unpaired) electrons. The van der Waals surface area contributed by atoms with Gasteiger partial charge in [0.2, 0.25) is 11.8 Å². The lowest BCUT2D eigenvalue weighted by Gasteiger charge is -2.31. The van der Waals surface area contributed by atoms with Crippen molar-refractivity contribution in [3.05, 3.63) is 68.7 Å². The SMILES string of the molecule is CC[C@@H](C(=O)NC(C)C)N(Cc1ccccc1Cl)C(=O)CSCc1ccc(Cl)cc1Cl. The average Bonchev–Trinajstić information content (AvgIpc) is 2.70. The van der Waals surface area contributed by atoms with E-state index in [1.807, 2.05) is 45.0 Å². The van der Waals surface area contributed by atoms with Crippen molar-refractivity contribution in [2.45, 2.75) is 51.6 Å². The minimum absolute atomic E-state index is 0.0137. The molecule has 0 aliphatic heterocycles. The fourth-order valence-corrected chi connectivity index (χ4v) is 4.74. The monoisotopic (exact) mass is 500 g/mol. The molecule has 168 valence electrons. The molecule has 0 heterocycles. The molecule has 2 aromatic rings. The highest BCUT2D eigenvalue weighted by molar-refractivity contribution is 7.99. The van der Waals surface area contributed by atoms with Gasteiger partial charge in [0.05, 0.1) is 5.75 Å². The number of thioether (sulfide) groups is 1. The van der Waals surface area contributed by atoms with Crippen LogP contribution in [0.5, 0.6) is 0 Å². The highest BCUT2D eigenvalue weighted by atomic mass is 35.5. The molecule has 1 N–H and O–H groups in total. The number of carbonyl (C=O) groups excluding carboxylic acids is 2. The number of carbonyl (C=O) groups is 2. The Morgan fingerprint density at radius 2 is 1.74 bits per heavy atom. The molecule has 0 fully saturated rings. The molecular formula is C23H27Cl3N2O2S. The second-order valence-electron chi connectivity index (χ2n) is 7.43. The Labute approximate surface area is 203 Å². The zero-order chi connectivity index (χ0) is 23.0. The minimum Gasteiger partial charge on any atom is -0.352 e. The summed E-state index contributed by atoms with van der Waals surface area (Å²) in [4.78, 5) is 27.6. The van der Waals surface area contributed by atoms with Crippen molar-refractivity contribution in [1.82, 2.24) is 10.2 Å². The van der Waals surface area contributed by atoms with Crippen molar-refractivity contribution >= 4 is 58.4 Å². The number of halogens is 3. The van der Waals surface area contributed by atoms with E-state index >= 15 is 0 Å². The second kappa shape index (κ2) is 12.6. The van der Waals surface area contributed by atoms with Gasteiger partial charge in [-0.1, -0.05) is 66.0 Å². The van der Waals surface area contributed by atoms with E-state index < -0.39 is 6.04 Å². The van der Waals surface area contributed by atoms with Crippen LogP contribution in [0.2, 0.25) is 15.1 Å². The van der Waals surface area contributed by atoms with Crippen molar-refractivity contribution in [2.75, 3.05) is 5.75 Å². The molecule has 1 atom stereocenters. The number of amides is 2. The van der Waals surface area contributed by atoms with Crippen LogP contribution in [0.4, 0.5) is 0 Å². The normalized spacial score (nSPS) is 12.0. The summed E-state index contributed by atoms with van der Waals surface area (Å²) in [5.41, 5.74) is 1.71. The Kier molecular flexibility index (Phi) is 10.5. The van der Waals surface area contributed by atoms with Gasteiger partial charge in [-0.25, -0.2) is 0 Å². The highest BCUT2D eigenvalue weighted by Crippen LogP contribution is 2.26. The molecule has 0 bridgehead atoms. The summed E-state index contributed by atoms with van der Waals surface area (Å²) in [7, 11) is 0. The quantitative estimate of drug-likeness (QED) is 0.421. The van der Waals surface area contributed by atoms with E-state index in [-0.39, 0.29) is 30.2 Å². The topological polar surface area (TPSA) is 49.4 Å². The van der Waals surface area contributed by atoms with E-state index in [4.69, 9.17) is 34.8 Å². The van der Waals surface area contributed by atoms with E-state index in [1.54, 1.807) is 23.1 Å². The molecule has 2 rings (SSSR count). The third kappa shape index (κ3) is 7.90. The predicted octanol–water partition coefficient (Wildman–Crippen LogP) is 6.21. The Balaban J connectivity index is 2.16. The van der Waals surface area contributed by atoms with E-state index in [1.165, 1.54) is 11.8 Å². The molecule has 0 aliphatic rings. The van der Waals surface area contributed by atoms with Crippen LogP contribution in [-0.2, 0) is 21.9 Å². The van der Waals surface area contributed by atoms with Crippen molar-refractivity contribution in [1.29, 1.82) is 0 Å². The van der Waals surface area contributed by atoms with Crippen LogP contribution in [0.25, 0.3) is 0 Å². The van der Waals surface area contributed by atoms with E-state index in [0.29, 0.717) is 27.2 Å². The van der Waals surface area contributed by atoms with Gasteiger partial charge in [0.1, 0.15) is 6.04 Å². The van der Waals surface area contributed by atoms with Gasteiger partial charge in [-0.3, -0.25) is 9.59 Å². The van der Waals surface area contributed by atoms with Crippen LogP contribution >= 0.6 is 46.6 Å². The number of hydrogen-bond acceptors (Lipinski definition) is 3. The highest BCUT2D eigenvalue weighted by Gasteiger charge is 2.29. The summed E-state index contributed by atoms with van der Waals surface area (Å²) >= 11 is 20.0. The summed E-state index contributed by atoms with van der Waals surface area (Å²) in [6.45, 7) is 5.97. The molecule has 0 aliphatic carbocycles. The number of nitrogens with one attached hydrogen (secondary N) is 1. The second-order valence-corrected chi connectivity index (χ2v) is 9.67. The minimum atomic E-state index is -0.578. The van der Waals surface area contributed by atoms with E-state index in [0.717, 1.165) is 11.1 Å². The van der Waals surface area contributed by atoms with Gasteiger partial charge in [0.25, 0.3) is 0 Å². The fourth-order valence-electron chi connectivity index (χ4n) is 3.08. The lowest BCUT2D eigenvalue weighted by molar-refractivity contribution is -0.139. The van der Waals surface area contributed by atoms with Crippen LogP contribution in [0.1, 0.15) is 38.3 Å². The number of nitrogens with zero attached hydrogens (tertiary/aromatic N) is 1. The molecule has 2 aromatic carbocycles. The first-order valence-corrected chi connectivity index (χ1v) is 12.4. The number of rotatable bonds is 10. The third-order valence-corrected chi connectivity index (χ3v) is 6.54. The van der Waals surface area contributed by atoms with Gasteiger partial charge in [-0.2, -0.15) is 0 Å². The van der Waals surface area contributed by atoms with E-state index in [9.17, 15) is 9.59 Å². The largest absolute Gasteiger partial charge is 0.352 e. The maximum atomic E-state index is 13.2. The third-order valence-electron chi connectivity index (χ3n) is 4.61. The molecule has 0 saturated carbocycles. The molecule has 4 nitrogen and oxygen atoms in total. The molecular weight excluding hydrogens is 475 g/mol. The summed E-state index contributed by atoms with van der Waals surface area (Å²) in [5.74, 6) is 0.496. The Morgan fingerprint density at radius 3 is 2.35 bits per heavy atom. The maximum Gasteiger partial charge on any atom is 0.243 e. The molecule has 0 aromatic heterocycles. The molecule has 8 heteroatoms. The molecule has 2 amide bonds. The van der Waals surface area contributed by atoms with Crippen LogP contribution in [-0.4, -0.2) is 34.6 Å². The van der Waals surface area contributed by atoms with Crippen LogP contribution in [0, 0.1) is 0 Å². The summed E-state index contributed by atoms with van der Waals surface area (Å²) in [6.07, 6.45) is 0.502. The molecule has 31 heavy (non-hydrogen) atoms. The van der Waals surface area contributed by atoms with Gasteiger partial charge >= 0.3 is 0 Å². The standard InChI is InChI=1S/C23H27Cl3N2O2S/c1-4-21(23(30)27-15(2)3)28(12-16-7-5-6-8-19(16)25)22(29)14-31-13-17-9-10-18(24)11-20(17)26/h5-11,15,21H,4,12-14H2,1-3H3,(H,27,30)/t21-/m0/s1. The van der Waals surface area contributed by atoms with E-state index in [2.05, 4.69) is 5.32 Å². The van der Waals surface area contributed by atoms with Crippen molar-refractivity contribution in [3.63, 3.8) is 0 Å². The molecule has 0 spiro atoms. The number of benzene rings is 2. The molecule has 0 saturated heterocycles. The lowest BCUT2D eigenvalue weighted by atomic mass is 10.1.